The van der Waals surface area contributed by atoms with Gasteiger partial charge in [0, 0.05) is 11.6 Å². The van der Waals surface area contributed by atoms with Crippen LogP contribution < -0.4 is 15.4 Å². The van der Waals surface area contributed by atoms with Crippen molar-refractivity contribution in [1.82, 2.24) is 9.97 Å². The fraction of sp³-hybridized carbons (Fsp3) is 0.190. The molecule has 3 rings (SSSR count). The minimum Gasteiger partial charge on any atom is -0.489 e. The van der Waals surface area contributed by atoms with E-state index in [0.717, 1.165) is 5.56 Å². The number of carbonyl (C=O) groups is 1. The first kappa shape index (κ1) is 19.6. The average Bonchev–Trinajstić information content (AvgIpc) is 2.69. The normalized spacial score (nSPS) is 10.6. The van der Waals surface area contributed by atoms with E-state index in [1.807, 2.05) is 56.3 Å². The Bertz CT molecular complexity index is 945. The molecule has 0 saturated carbocycles. The summed E-state index contributed by atoms with van der Waals surface area (Å²) in [5, 5.41) is 6.63. The lowest BCUT2D eigenvalue weighted by molar-refractivity contribution is 0.102. The molecule has 0 bridgehead atoms. The molecule has 1 heterocycles. The molecule has 6 nitrogen and oxygen atoms in total. The molecule has 3 aromatic rings. The van der Waals surface area contributed by atoms with Crippen LogP contribution in [0.3, 0.4) is 0 Å². The monoisotopic (exact) mass is 396 g/mol. The maximum atomic E-state index is 12.5. The Morgan fingerprint density at radius 3 is 2.54 bits per heavy atom. The number of carbonyl (C=O) groups excluding carboxylic acids is 1. The van der Waals surface area contributed by atoms with E-state index >= 15 is 0 Å². The van der Waals surface area contributed by atoms with E-state index in [0.29, 0.717) is 28.8 Å². The molecule has 2 aromatic carbocycles. The van der Waals surface area contributed by atoms with Gasteiger partial charge < -0.3 is 15.4 Å². The van der Waals surface area contributed by atoms with Gasteiger partial charge >= 0.3 is 0 Å². The van der Waals surface area contributed by atoms with Gasteiger partial charge in [-0.15, -0.1) is 0 Å². The van der Waals surface area contributed by atoms with Gasteiger partial charge in [0.25, 0.3) is 5.91 Å². The first-order chi connectivity index (χ1) is 13.5. The number of anilines is 2. The summed E-state index contributed by atoms with van der Waals surface area (Å²) in [6.45, 7) is 4.37. The summed E-state index contributed by atoms with van der Waals surface area (Å²) in [5.41, 5.74) is 1.75. The first-order valence-corrected chi connectivity index (χ1v) is 9.27. The molecule has 0 atom stereocenters. The molecule has 2 N–H and O–H groups in total. The molecule has 0 unspecified atom stereocenters. The maximum Gasteiger partial charge on any atom is 0.275 e. The molecule has 1 aromatic heterocycles. The van der Waals surface area contributed by atoms with Crippen LogP contribution in [-0.4, -0.2) is 22.0 Å². The van der Waals surface area contributed by atoms with Crippen LogP contribution in [0.25, 0.3) is 0 Å². The molecule has 0 aliphatic rings. The van der Waals surface area contributed by atoms with E-state index in [1.54, 1.807) is 6.07 Å². The lowest BCUT2D eigenvalue weighted by Crippen LogP contribution is -2.16. The molecular formula is C21H21ClN4O2. The van der Waals surface area contributed by atoms with Crippen LogP contribution in [0.5, 0.6) is 5.75 Å². The molecule has 0 saturated heterocycles. The smallest absolute Gasteiger partial charge is 0.275 e. The van der Waals surface area contributed by atoms with Gasteiger partial charge in [-0.25, -0.2) is 9.97 Å². The number of nitrogens with one attached hydrogen (secondary N) is 2. The molecule has 144 valence electrons. The first-order valence-electron chi connectivity index (χ1n) is 8.89. The highest BCUT2D eigenvalue weighted by molar-refractivity contribution is 6.31. The number of rotatable bonds is 7. The van der Waals surface area contributed by atoms with E-state index in [2.05, 4.69) is 20.6 Å². The van der Waals surface area contributed by atoms with Crippen LogP contribution >= 0.6 is 11.6 Å². The van der Waals surface area contributed by atoms with Gasteiger partial charge in [0.05, 0.1) is 24.2 Å². The average molecular weight is 397 g/mol. The molecule has 0 spiro atoms. The van der Waals surface area contributed by atoms with Crippen molar-refractivity contribution in [3.05, 3.63) is 77.2 Å². The Morgan fingerprint density at radius 1 is 1.07 bits per heavy atom. The number of benzene rings is 2. The zero-order chi connectivity index (χ0) is 19.9. The quantitative estimate of drug-likeness (QED) is 0.601. The predicted molar refractivity (Wildman–Crippen MR) is 111 cm³/mol. The van der Waals surface area contributed by atoms with Crippen molar-refractivity contribution in [3.63, 3.8) is 0 Å². The zero-order valence-electron chi connectivity index (χ0n) is 15.6. The Kier molecular flexibility index (Phi) is 6.45. The lowest BCUT2D eigenvalue weighted by atomic mass is 10.2. The number of hydrogen-bond acceptors (Lipinski definition) is 5. The SMILES string of the molecule is CC(C)Oc1ccccc1NC(=O)c1cnc(NCc2ccccc2Cl)cn1. The summed E-state index contributed by atoms with van der Waals surface area (Å²) in [4.78, 5) is 20.9. The Hall–Kier alpha value is -3.12. The second-order valence-electron chi connectivity index (χ2n) is 6.35. The van der Waals surface area contributed by atoms with Crippen LogP contribution in [0.2, 0.25) is 5.02 Å². The third kappa shape index (κ3) is 5.20. The number of ether oxygens (including phenoxy) is 1. The fourth-order valence-electron chi connectivity index (χ4n) is 2.48. The Balaban J connectivity index is 1.63. The van der Waals surface area contributed by atoms with E-state index < -0.39 is 0 Å². The van der Waals surface area contributed by atoms with Crippen LogP contribution in [-0.2, 0) is 6.54 Å². The van der Waals surface area contributed by atoms with Crippen molar-refractivity contribution in [2.45, 2.75) is 26.5 Å². The molecule has 0 aliphatic heterocycles. The van der Waals surface area contributed by atoms with Gasteiger partial charge in [0.1, 0.15) is 17.3 Å². The van der Waals surface area contributed by atoms with Crippen LogP contribution in [0.15, 0.2) is 60.9 Å². The topological polar surface area (TPSA) is 76.1 Å². The highest BCUT2D eigenvalue weighted by Crippen LogP contribution is 2.25. The van der Waals surface area contributed by atoms with Crippen molar-refractivity contribution in [2.24, 2.45) is 0 Å². The molecule has 7 heteroatoms. The van der Waals surface area contributed by atoms with Gasteiger partial charge in [-0.2, -0.15) is 0 Å². The molecule has 1 amide bonds. The zero-order valence-corrected chi connectivity index (χ0v) is 16.4. The largest absolute Gasteiger partial charge is 0.489 e. The van der Waals surface area contributed by atoms with Gasteiger partial charge in [-0.1, -0.05) is 41.9 Å². The highest BCUT2D eigenvalue weighted by Gasteiger charge is 2.12. The summed E-state index contributed by atoms with van der Waals surface area (Å²) < 4.78 is 5.71. The maximum absolute atomic E-state index is 12.5. The summed E-state index contributed by atoms with van der Waals surface area (Å²) in [6, 6.07) is 14.8. The van der Waals surface area contributed by atoms with E-state index in [4.69, 9.17) is 16.3 Å². The fourth-order valence-corrected chi connectivity index (χ4v) is 2.68. The summed E-state index contributed by atoms with van der Waals surface area (Å²) in [6.07, 6.45) is 2.94. The molecule has 0 radical (unpaired) electrons. The standard InChI is InChI=1S/C21H21ClN4O2/c1-14(2)28-19-10-6-5-9-17(19)26-21(27)18-12-25-20(13-23-18)24-11-15-7-3-4-8-16(15)22/h3-10,12-14H,11H2,1-2H3,(H,24,25)(H,26,27). The van der Waals surface area contributed by atoms with Crippen LogP contribution in [0.1, 0.15) is 29.9 Å². The molecular weight excluding hydrogens is 376 g/mol. The van der Waals surface area contributed by atoms with E-state index in [-0.39, 0.29) is 17.7 Å². The number of halogens is 1. The number of hydrogen-bond donors (Lipinski definition) is 2. The minimum absolute atomic E-state index is 0.00122. The molecule has 0 fully saturated rings. The van der Waals surface area contributed by atoms with Gasteiger partial charge in [-0.3, -0.25) is 4.79 Å². The van der Waals surface area contributed by atoms with E-state index in [9.17, 15) is 4.79 Å². The number of aromatic nitrogens is 2. The van der Waals surface area contributed by atoms with Crippen LogP contribution in [0.4, 0.5) is 11.5 Å². The van der Waals surface area contributed by atoms with Crippen molar-refractivity contribution in [2.75, 3.05) is 10.6 Å². The number of nitrogens with zero attached hydrogens (tertiary/aromatic N) is 2. The molecule has 28 heavy (non-hydrogen) atoms. The van der Waals surface area contributed by atoms with Gasteiger partial charge in [0.2, 0.25) is 0 Å². The minimum atomic E-state index is -0.357. The lowest BCUT2D eigenvalue weighted by Gasteiger charge is -2.14. The summed E-state index contributed by atoms with van der Waals surface area (Å²) >= 11 is 6.14. The van der Waals surface area contributed by atoms with Crippen molar-refractivity contribution < 1.29 is 9.53 Å². The molecule has 0 aliphatic carbocycles. The third-order valence-corrected chi connectivity index (χ3v) is 4.17. The second kappa shape index (κ2) is 9.19. The van der Waals surface area contributed by atoms with Crippen molar-refractivity contribution in [1.29, 1.82) is 0 Å². The second-order valence-corrected chi connectivity index (χ2v) is 6.76. The van der Waals surface area contributed by atoms with Gasteiger partial charge in [-0.05, 0) is 37.6 Å². The number of amides is 1. The highest BCUT2D eigenvalue weighted by atomic mass is 35.5. The van der Waals surface area contributed by atoms with Crippen LogP contribution in [0, 0.1) is 0 Å². The summed E-state index contributed by atoms with van der Waals surface area (Å²) in [7, 11) is 0. The van der Waals surface area contributed by atoms with E-state index in [1.165, 1.54) is 12.4 Å². The third-order valence-electron chi connectivity index (χ3n) is 3.80. The van der Waals surface area contributed by atoms with Crippen molar-refractivity contribution in [3.8, 4) is 5.75 Å². The van der Waals surface area contributed by atoms with Gasteiger partial charge in [0.15, 0.2) is 0 Å². The Morgan fingerprint density at radius 2 is 1.82 bits per heavy atom. The predicted octanol–water partition coefficient (Wildman–Crippen LogP) is 4.78. The number of para-hydroxylation sites is 2. The summed E-state index contributed by atoms with van der Waals surface area (Å²) in [5.74, 6) is 0.807. The van der Waals surface area contributed by atoms with Crippen molar-refractivity contribution >= 4 is 29.0 Å². The Labute approximate surface area is 168 Å².